The molecule has 0 N–H and O–H groups in total. The smallest absolute Gasteiger partial charge is 0.359 e. The van der Waals surface area contributed by atoms with E-state index in [1.165, 1.54) is 30.4 Å². The van der Waals surface area contributed by atoms with Crippen molar-refractivity contribution in [1.29, 1.82) is 0 Å². The lowest BCUT2D eigenvalue weighted by Crippen LogP contribution is -2.08. The Morgan fingerprint density at radius 2 is 1.93 bits per heavy atom. The van der Waals surface area contributed by atoms with Crippen molar-refractivity contribution in [1.82, 2.24) is 9.78 Å². The van der Waals surface area contributed by atoms with E-state index in [0.717, 1.165) is 11.8 Å². The average Bonchev–Trinajstić information content (AvgIpc) is 3.11. The molecule has 0 saturated carbocycles. The highest BCUT2D eigenvalue weighted by atomic mass is 19.1. The van der Waals surface area contributed by atoms with E-state index in [1.54, 1.807) is 17.8 Å². The minimum atomic E-state index is -0.579. The van der Waals surface area contributed by atoms with Gasteiger partial charge in [-0.05, 0) is 43.3 Å². The van der Waals surface area contributed by atoms with E-state index in [2.05, 4.69) is 5.10 Å². The molecule has 6 heteroatoms. The van der Waals surface area contributed by atoms with Gasteiger partial charge < -0.3 is 4.74 Å². The van der Waals surface area contributed by atoms with E-state index < -0.39 is 11.8 Å². The molecule has 0 radical (unpaired) electrons. The van der Waals surface area contributed by atoms with Crippen LogP contribution in [0.15, 0.2) is 66.9 Å². The SMILES string of the molecule is CCOC(=O)c1nn(-c2ccccc2)cc1/C=C/C(=O)c1cccc(F)c1. The molecule has 3 aromatic rings. The lowest BCUT2D eigenvalue weighted by molar-refractivity contribution is 0.0518. The number of esters is 1. The second-order valence-corrected chi connectivity index (χ2v) is 5.64. The minimum absolute atomic E-state index is 0.101. The molecular formula is C21H17FN2O3. The number of rotatable bonds is 6. The van der Waals surface area contributed by atoms with Gasteiger partial charge in [0, 0.05) is 17.3 Å². The Bertz CT molecular complexity index is 994. The summed E-state index contributed by atoms with van der Waals surface area (Å²) in [5.41, 5.74) is 1.52. The number of ether oxygens (including phenoxy) is 1. The molecule has 0 aliphatic heterocycles. The fourth-order valence-corrected chi connectivity index (χ4v) is 2.48. The molecule has 0 saturated heterocycles. The lowest BCUT2D eigenvalue weighted by atomic mass is 10.1. The number of aromatic nitrogens is 2. The maximum atomic E-state index is 13.3. The minimum Gasteiger partial charge on any atom is -0.461 e. The molecule has 0 aliphatic carbocycles. The molecule has 0 bridgehead atoms. The van der Waals surface area contributed by atoms with Crippen LogP contribution in [0.4, 0.5) is 4.39 Å². The van der Waals surface area contributed by atoms with Crippen LogP contribution in [0.1, 0.15) is 33.3 Å². The van der Waals surface area contributed by atoms with Crippen molar-refractivity contribution < 1.29 is 18.7 Å². The maximum Gasteiger partial charge on any atom is 0.359 e. The number of carbonyl (C=O) groups excluding carboxylic acids is 2. The number of allylic oxidation sites excluding steroid dienone is 1. The highest BCUT2D eigenvalue weighted by molar-refractivity contribution is 6.07. The molecule has 3 rings (SSSR count). The third kappa shape index (κ3) is 4.36. The molecule has 5 nitrogen and oxygen atoms in total. The third-order valence-electron chi connectivity index (χ3n) is 3.76. The van der Waals surface area contributed by atoms with E-state index >= 15 is 0 Å². The predicted octanol–water partition coefficient (Wildman–Crippen LogP) is 4.08. The Labute approximate surface area is 155 Å². The summed E-state index contributed by atoms with van der Waals surface area (Å²) in [6.45, 7) is 1.91. The number of hydrogen-bond donors (Lipinski definition) is 0. The van der Waals surface area contributed by atoms with E-state index in [0.29, 0.717) is 5.56 Å². The Morgan fingerprint density at radius 1 is 1.15 bits per heavy atom. The summed E-state index contributed by atoms with van der Waals surface area (Å²) >= 11 is 0. The second-order valence-electron chi connectivity index (χ2n) is 5.64. The molecule has 0 aliphatic rings. The highest BCUT2D eigenvalue weighted by Crippen LogP contribution is 2.16. The van der Waals surface area contributed by atoms with Crippen LogP contribution in [0.25, 0.3) is 11.8 Å². The summed E-state index contributed by atoms with van der Waals surface area (Å²) in [4.78, 5) is 24.5. The first-order valence-electron chi connectivity index (χ1n) is 8.38. The van der Waals surface area contributed by atoms with Gasteiger partial charge in [-0.2, -0.15) is 5.10 Å². The normalized spacial score (nSPS) is 10.9. The molecule has 136 valence electrons. The topological polar surface area (TPSA) is 61.2 Å². The summed E-state index contributed by atoms with van der Waals surface area (Å²) in [5.74, 6) is -1.44. The van der Waals surface area contributed by atoms with Crippen LogP contribution in [0.2, 0.25) is 0 Å². The summed E-state index contributed by atoms with van der Waals surface area (Å²) in [6, 6.07) is 14.7. The van der Waals surface area contributed by atoms with E-state index in [9.17, 15) is 14.0 Å². The molecule has 0 unspecified atom stereocenters. The van der Waals surface area contributed by atoms with Crippen LogP contribution in [0.5, 0.6) is 0 Å². The number of nitrogens with zero attached hydrogens (tertiary/aromatic N) is 2. The van der Waals surface area contributed by atoms with Gasteiger partial charge in [0.05, 0.1) is 12.3 Å². The third-order valence-corrected chi connectivity index (χ3v) is 3.76. The number of carbonyl (C=O) groups is 2. The van der Waals surface area contributed by atoms with Crippen molar-refractivity contribution in [2.45, 2.75) is 6.92 Å². The van der Waals surface area contributed by atoms with E-state index in [4.69, 9.17) is 4.74 Å². The van der Waals surface area contributed by atoms with Gasteiger partial charge >= 0.3 is 5.97 Å². The first kappa shape index (κ1) is 18.3. The lowest BCUT2D eigenvalue weighted by Gasteiger charge is -2.00. The first-order valence-corrected chi connectivity index (χ1v) is 8.38. The molecule has 0 amide bonds. The Morgan fingerprint density at radius 3 is 2.63 bits per heavy atom. The average molecular weight is 364 g/mol. The van der Waals surface area contributed by atoms with Gasteiger partial charge in [-0.1, -0.05) is 30.3 Å². The molecule has 2 aromatic carbocycles. The van der Waals surface area contributed by atoms with Gasteiger partial charge in [-0.25, -0.2) is 13.9 Å². The summed E-state index contributed by atoms with van der Waals surface area (Å²) in [6.07, 6.45) is 4.40. The largest absolute Gasteiger partial charge is 0.461 e. The number of halogens is 1. The zero-order valence-corrected chi connectivity index (χ0v) is 14.6. The van der Waals surface area contributed by atoms with Crippen molar-refractivity contribution in [3.63, 3.8) is 0 Å². The Kier molecular flexibility index (Phi) is 5.56. The molecule has 0 atom stereocenters. The summed E-state index contributed by atoms with van der Waals surface area (Å²) in [7, 11) is 0. The van der Waals surface area contributed by atoms with Crippen molar-refractivity contribution in [3.05, 3.63) is 89.5 Å². The van der Waals surface area contributed by atoms with Crippen LogP contribution in [-0.4, -0.2) is 28.1 Å². The van der Waals surface area contributed by atoms with Gasteiger partial charge in [0.1, 0.15) is 5.82 Å². The molecule has 1 heterocycles. The maximum absolute atomic E-state index is 13.3. The van der Waals surface area contributed by atoms with Crippen LogP contribution in [0.3, 0.4) is 0 Å². The highest BCUT2D eigenvalue weighted by Gasteiger charge is 2.17. The molecule has 0 spiro atoms. The van der Waals surface area contributed by atoms with Crippen molar-refractivity contribution >= 4 is 17.8 Å². The Hall–Kier alpha value is -3.54. The van der Waals surface area contributed by atoms with E-state index in [1.807, 2.05) is 30.3 Å². The molecule has 1 aromatic heterocycles. The van der Waals surface area contributed by atoms with Crippen molar-refractivity contribution in [2.24, 2.45) is 0 Å². The monoisotopic (exact) mass is 364 g/mol. The molecule has 0 fully saturated rings. The Balaban J connectivity index is 1.94. The van der Waals surface area contributed by atoms with Gasteiger partial charge in [0.25, 0.3) is 0 Å². The van der Waals surface area contributed by atoms with E-state index in [-0.39, 0.29) is 23.6 Å². The van der Waals surface area contributed by atoms with Gasteiger partial charge in [-0.3, -0.25) is 4.79 Å². The van der Waals surface area contributed by atoms with Crippen molar-refractivity contribution in [2.75, 3.05) is 6.61 Å². The first-order chi connectivity index (χ1) is 13.1. The van der Waals surface area contributed by atoms with Gasteiger partial charge in [-0.15, -0.1) is 0 Å². The van der Waals surface area contributed by atoms with Crippen LogP contribution in [0, 0.1) is 5.82 Å². The fourth-order valence-electron chi connectivity index (χ4n) is 2.48. The zero-order chi connectivity index (χ0) is 19.2. The second kappa shape index (κ2) is 8.23. The predicted molar refractivity (Wildman–Crippen MR) is 99.3 cm³/mol. The number of para-hydroxylation sites is 1. The van der Waals surface area contributed by atoms with Gasteiger partial charge in [0.15, 0.2) is 11.5 Å². The molecule has 27 heavy (non-hydrogen) atoms. The summed E-state index contributed by atoms with van der Waals surface area (Å²) in [5, 5.41) is 4.28. The van der Waals surface area contributed by atoms with Crippen molar-refractivity contribution in [3.8, 4) is 5.69 Å². The number of ketones is 1. The quantitative estimate of drug-likeness (QED) is 0.376. The number of hydrogen-bond acceptors (Lipinski definition) is 4. The molecular weight excluding hydrogens is 347 g/mol. The summed E-state index contributed by atoms with van der Waals surface area (Å²) < 4.78 is 19.9. The number of benzene rings is 2. The zero-order valence-electron chi connectivity index (χ0n) is 14.6. The van der Waals surface area contributed by atoms with Crippen LogP contribution in [-0.2, 0) is 4.74 Å². The standard InChI is InChI=1S/C21H17FN2O3/c1-2-27-21(26)20-16(14-24(23-20)18-9-4-3-5-10-18)11-12-19(25)15-7-6-8-17(22)13-15/h3-14H,2H2,1H3/b12-11+. The van der Waals surface area contributed by atoms with Gasteiger partial charge in [0.2, 0.25) is 0 Å². The van der Waals surface area contributed by atoms with Crippen LogP contribution < -0.4 is 0 Å². The fraction of sp³-hybridized carbons (Fsp3) is 0.0952. The van der Waals surface area contributed by atoms with Crippen LogP contribution >= 0.6 is 0 Å².